The number of nitrogens with zero attached hydrogens (tertiary/aromatic N) is 3. The van der Waals surface area contributed by atoms with Gasteiger partial charge in [0.15, 0.2) is 5.65 Å². The molecule has 0 fully saturated rings. The highest BCUT2D eigenvalue weighted by molar-refractivity contribution is 7.09. The lowest BCUT2D eigenvalue weighted by atomic mass is 10.1. The molecule has 0 spiro atoms. The number of thiophene rings is 1. The predicted octanol–water partition coefficient (Wildman–Crippen LogP) is 3.23. The van der Waals surface area contributed by atoms with Crippen molar-refractivity contribution in [1.29, 1.82) is 0 Å². The van der Waals surface area contributed by atoms with Crippen LogP contribution < -0.4 is 10.9 Å². The van der Waals surface area contributed by atoms with E-state index in [1.807, 2.05) is 47.8 Å². The van der Waals surface area contributed by atoms with Gasteiger partial charge in [0.05, 0.1) is 17.4 Å². The first-order valence-corrected chi connectivity index (χ1v) is 9.85. The molecule has 5 aromatic rings. The third kappa shape index (κ3) is 3.09. The summed E-state index contributed by atoms with van der Waals surface area (Å²) >= 11 is 1.59. The minimum Gasteiger partial charge on any atom is -0.347 e. The molecule has 3 aromatic heterocycles. The van der Waals surface area contributed by atoms with Crippen LogP contribution in [0.5, 0.6) is 0 Å². The average molecular weight is 401 g/mol. The largest absolute Gasteiger partial charge is 0.347 e. The van der Waals surface area contributed by atoms with Crippen LogP contribution in [-0.4, -0.2) is 25.7 Å². The Morgan fingerprint density at radius 2 is 1.97 bits per heavy atom. The zero-order valence-corrected chi connectivity index (χ0v) is 15.9. The lowest BCUT2D eigenvalue weighted by Crippen LogP contribution is -2.22. The van der Waals surface area contributed by atoms with Crippen LogP contribution in [0.3, 0.4) is 0 Å². The number of rotatable bonds is 4. The summed E-state index contributed by atoms with van der Waals surface area (Å²) in [5.74, 6) is -0.207. The molecule has 0 aliphatic heterocycles. The average Bonchev–Trinajstić information content (AvgIpc) is 3.42. The maximum Gasteiger partial charge on any atom is 0.281 e. The zero-order valence-electron chi connectivity index (χ0n) is 15.1. The standard InChI is InChI=1S/C21H15N5O2S/c27-20(22-12-15-7-4-10-29-15)14-8-9-16-17(11-14)26-19(23-21(16)28)18(24-25-26)13-5-2-1-3-6-13/h1-11,25H,12H2,(H,22,27). The first kappa shape index (κ1) is 17.3. The number of fused-ring (bicyclic) bond motifs is 3. The molecular formula is C21H15N5O2S. The molecule has 2 N–H and O–H groups in total. The highest BCUT2D eigenvalue weighted by Crippen LogP contribution is 2.22. The van der Waals surface area contributed by atoms with Crippen LogP contribution in [0.4, 0.5) is 0 Å². The maximum absolute atomic E-state index is 12.6. The van der Waals surface area contributed by atoms with Crippen LogP contribution in [0.2, 0.25) is 0 Å². The van der Waals surface area contributed by atoms with Crippen molar-refractivity contribution >= 4 is 33.8 Å². The highest BCUT2D eigenvalue weighted by atomic mass is 32.1. The molecule has 142 valence electrons. The molecule has 0 atom stereocenters. The first-order chi connectivity index (χ1) is 14.2. The predicted molar refractivity (Wildman–Crippen MR) is 112 cm³/mol. The lowest BCUT2D eigenvalue weighted by Gasteiger charge is -2.06. The molecule has 7 nitrogen and oxygen atoms in total. The number of nitrogens with one attached hydrogen (secondary N) is 2. The molecule has 0 unspecified atom stereocenters. The van der Waals surface area contributed by atoms with Gasteiger partial charge in [-0.1, -0.05) is 36.4 Å². The Labute approximate surface area is 168 Å². The van der Waals surface area contributed by atoms with E-state index in [9.17, 15) is 9.59 Å². The highest BCUT2D eigenvalue weighted by Gasteiger charge is 2.15. The molecule has 2 aromatic carbocycles. The van der Waals surface area contributed by atoms with Gasteiger partial charge in [0.2, 0.25) is 0 Å². The van der Waals surface area contributed by atoms with Crippen LogP contribution in [-0.2, 0) is 6.54 Å². The SMILES string of the molecule is O=C(NCc1cccs1)c1ccc2c(=O)nc3c(-c4ccccc4)n[nH]n3c2c1. The molecule has 3 heterocycles. The fourth-order valence-electron chi connectivity index (χ4n) is 3.24. The number of amides is 1. The molecule has 5 rings (SSSR count). The molecule has 29 heavy (non-hydrogen) atoms. The summed E-state index contributed by atoms with van der Waals surface area (Å²) in [5, 5.41) is 12.5. The van der Waals surface area contributed by atoms with Gasteiger partial charge >= 0.3 is 0 Å². The number of aromatic amines is 1. The van der Waals surface area contributed by atoms with E-state index in [1.165, 1.54) is 0 Å². The van der Waals surface area contributed by atoms with Gasteiger partial charge in [0, 0.05) is 16.0 Å². The van der Waals surface area contributed by atoms with E-state index in [-0.39, 0.29) is 11.5 Å². The monoisotopic (exact) mass is 401 g/mol. The minimum atomic E-state index is -0.357. The molecular weight excluding hydrogens is 386 g/mol. The van der Waals surface area contributed by atoms with Crippen molar-refractivity contribution in [1.82, 2.24) is 25.1 Å². The van der Waals surface area contributed by atoms with E-state index < -0.39 is 0 Å². The number of aromatic nitrogens is 4. The van der Waals surface area contributed by atoms with Gasteiger partial charge in [-0.3, -0.25) is 9.59 Å². The van der Waals surface area contributed by atoms with E-state index >= 15 is 0 Å². The van der Waals surface area contributed by atoms with Crippen LogP contribution in [0, 0.1) is 0 Å². The molecule has 0 radical (unpaired) electrons. The van der Waals surface area contributed by atoms with Crippen molar-refractivity contribution in [3.63, 3.8) is 0 Å². The van der Waals surface area contributed by atoms with Crippen LogP contribution in [0.1, 0.15) is 15.2 Å². The maximum atomic E-state index is 12.6. The van der Waals surface area contributed by atoms with Crippen LogP contribution in [0.25, 0.3) is 27.8 Å². The second-order valence-corrected chi connectivity index (χ2v) is 7.53. The normalized spacial score (nSPS) is 11.2. The third-order valence-electron chi connectivity index (χ3n) is 4.67. The number of hydrogen-bond donors (Lipinski definition) is 2. The smallest absolute Gasteiger partial charge is 0.281 e. The van der Waals surface area contributed by atoms with Gasteiger partial charge in [-0.2, -0.15) is 10.1 Å². The molecule has 0 bridgehead atoms. The summed E-state index contributed by atoms with van der Waals surface area (Å²) in [6, 6.07) is 18.4. The van der Waals surface area contributed by atoms with Crippen molar-refractivity contribution in [2.24, 2.45) is 0 Å². The quantitative estimate of drug-likeness (QED) is 0.484. The summed E-state index contributed by atoms with van der Waals surface area (Å²) in [6.07, 6.45) is 0. The van der Waals surface area contributed by atoms with Gasteiger partial charge in [0.25, 0.3) is 11.5 Å². The Balaban J connectivity index is 1.59. The van der Waals surface area contributed by atoms with Crippen LogP contribution in [0.15, 0.2) is 70.8 Å². The van der Waals surface area contributed by atoms with Gasteiger partial charge in [-0.05, 0) is 29.6 Å². The minimum absolute atomic E-state index is 0.207. The van der Waals surface area contributed by atoms with E-state index in [4.69, 9.17) is 0 Å². The number of carbonyl (C=O) groups excluding carboxylic acids is 1. The van der Waals surface area contributed by atoms with Gasteiger partial charge in [0.1, 0.15) is 5.69 Å². The van der Waals surface area contributed by atoms with E-state index in [0.29, 0.717) is 34.4 Å². The Bertz CT molecular complexity index is 1390. The van der Waals surface area contributed by atoms with Crippen LogP contribution >= 0.6 is 11.3 Å². The Kier molecular flexibility index (Phi) is 4.18. The number of benzene rings is 2. The van der Waals surface area contributed by atoms with Crippen molar-refractivity contribution in [2.75, 3.05) is 0 Å². The fourth-order valence-corrected chi connectivity index (χ4v) is 3.89. The molecule has 0 aliphatic rings. The van der Waals surface area contributed by atoms with Crippen molar-refractivity contribution in [3.05, 3.63) is 86.8 Å². The van der Waals surface area contributed by atoms with Gasteiger partial charge in [-0.25, -0.2) is 9.73 Å². The molecule has 0 saturated heterocycles. The number of hydrogen-bond acceptors (Lipinski definition) is 5. The van der Waals surface area contributed by atoms with Gasteiger partial charge in [-0.15, -0.1) is 11.3 Å². The summed E-state index contributed by atoms with van der Waals surface area (Å²) in [7, 11) is 0. The first-order valence-electron chi connectivity index (χ1n) is 8.97. The molecule has 1 amide bonds. The van der Waals surface area contributed by atoms with E-state index in [1.54, 1.807) is 34.1 Å². The Hall–Kier alpha value is -3.78. The van der Waals surface area contributed by atoms with E-state index in [0.717, 1.165) is 10.4 Å². The zero-order chi connectivity index (χ0) is 19.8. The van der Waals surface area contributed by atoms with Crippen molar-refractivity contribution in [3.8, 4) is 11.3 Å². The summed E-state index contributed by atoms with van der Waals surface area (Å²) < 4.78 is 1.63. The Morgan fingerprint density at radius 1 is 1.10 bits per heavy atom. The van der Waals surface area contributed by atoms with Gasteiger partial charge < -0.3 is 5.32 Å². The number of H-pyrrole nitrogens is 1. The molecule has 0 aliphatic carbocycles. The lowest BCUT2D eigenvalue weighted by molar-refractivity contribution is 0.0951. The number of carbonyl (C=O) groups is 1. The third-order valence-corrected chi connectivity index (χ3v) is 5.55. The fraction of sp³-hybridized carbons (Fsp3) is 0.0476. The molecule has 8 heteroatoms. The van der Waals surface area contributed by atoms with E-state index in [2.05, 4.69) is 20.6 Å². The second kappa shape index (κ2) is 6.99. The summed E-state index contributed by atoms with van der Waals surface area (Å²) in [5.41, 5.74) is 2.51. The van der Waals surface area contributed by atoms with Crippen molar-refractivity contribution < 1.29 is 4.79 Å². The van der Waals surface area contributed by atoms with Crippen molar-refractivity contribution in [2.45, 2.75) is 6.54 Å². The summed E-state index contributed by atoms with van der Waals surface area (Å²) in [4.78, 5) is 30.4. The summed E-state index contributed by atoms with van der Waals surface area (Å²) in [6.45, 7) is 0.461. The topological polar surface area (TPSA) is 92.2 Å². The second-order valence-electron chi connectivity index (χ2n) is 6.50. The Morgan fingerprint density at radius 3 is 2.76 bits per heavy atom. The molecule has 0 saturated carbocycles.